The van der Waals surface area contributed by atoms with Crippen LogP contribution < -0.4 is 5.32 Å². The van der Waals surface area contributed by atoms with Crippen molar-refractivity contribution in [3.63, 3.8) is 0 Å². The van der Waals surface area contributed by atoms with Gasteiger partial charge in [-0.3, -0.25) is 4.79 Å². The van der Waals surface area contributed by atoms with E-state index < -0.39 is 10.0 Å². The minimum Gasteiger partial charge on any atom is -0.348 e. The van der Waals surface area contributed by atoms with E-state index in [1.807, 2.05) is 38.1 Å². The van der Waals surface area contributed by atoms with Gasteiger partial charge in [0.05, 0.1) is 18.8 Å². The maximum atomic E-state index is 12.6. The summed E-state index contributed by atoms with van der Waals surface area (Å²) >= 11 is 6.14. The van der Waals surface area contributed by atoms with E-state index in [-0.39, 0.29) is 25.0 Å². The van der Waals surface area contributed by atoms with Crippen molar-refractivity contribution in [2.24, 2.45) is 0 Å². The molecular weight excluding hydrogens is 384 g/mol. The third-order valence-electron chi connectivity index (χ3n) is 4.40. The van der Waals surface area contributed by atoms with Gasteiger partial charge in [-0.15, -0.1) is 0 Å². The molecule has 0 radical (unpaired) electrons. The lowest BCUT2D eigenvalue weighted by molar-refractivity contribution is -0.122. The lowest BCUT2D eigenvalue weighted by Gasteiger charge is -2.23. The Morgan fingerprint density at radius 3 is 2.37 bits per heavy atom. The molecule has 0 bridgehead atoms. The number of carbonyl (C=O) groups is 1. The molecule has 2 aromatic rings. The number of rotatable bonds is 8. The molecule has 146 valence electrons. The van der Waals surface area contributed by atoms with Crippen molar-refractivity contribution >= 4 is 27.5 Å². The molecule has 1 atom stereocenters. The van der Waals surface area contributed by atoms with E-state index >= 15 is 0 Å². The lowest BCUT2D eigenvalue weighted by atomic mass is 9.99. The summed E-state index contributed by atoms with van der Waals surface area (Å²) < 4.78 is 25.5. The zero-order valence-corrected chi connectivity index (χ0v) is 17.3. The van der Waals surface area contributed by atoms with Gasteiger partial charge in [-0.2, -0.15) is 4.31 Å². The third-order valence-corrected chi connectivity index (χ3v) is 5.97. The van der Waals surface area contributed by atoms with Gasteiger partial charge in [0, 0.05) is 11.6 Å². The molecule has 2 aromatic carbocycles. The zero-order valence-electron chi connectivity index (χ0n) is 15.8. The minimum absolute atomic E-state index is 0.0487. The molecule has 1 amide bonds. The standard InChI is InChI=1S/C20H25ClN2O3S/c1-4-19(17-11-7-5-9-15(17)2)22-20(24)14-23(27(3,25)26)13-16-10-6-8-12-18(16)21/h5-12,19H,4,13-14H2,1-3H3,(H,22,24). The van der Waals surface area contributed by atoms with Crippen molar-refractivity contribution in [2.75, 3.05) is 12.8 Å². The normalized spacial score (nSPS) is 12.8. The van der Waals surface area contributed by atoms with Crippen LogP contribution in [0.2, 0.25) is 5.02 Å². The van der Waals surface area contributed by atoms with Gasteiger partial charge >= 0.3 is 0 Å². The summed E-state index contributed by atoms with van der Waals surface area (Å²) in [7, 11) is -3.58. The topological polar surface area (TPSA) is 66.5 Å². The molecule has 0 aliphatic heterocycles. The fourth-order valence-corrected chi connectivity index (χ4v) is 3.81. The summed E-state index contributed by atoms with van der Waals surface area (Å²) in [5, 5.41) is 3.42. The second kappa shape index (κ2) is 9.35. The average molecular weight is 409 g/mol. The number of nitrogens with one attached hydrogen (secondary N) is 1. The van der Waals surface area contributed by atoms with E-state index in [9.17, 15) is 13.2 Å². The number of nitrogens with zero attached hydrogens (tertiary/aromatic N) is 1. The van der Waals surface area contributed by atoms with Crippen molar-refractivity contribution < 1.29 is 13.2 Å². The number of hydrogen-bond donors (Lipinski definition) is 1. The van der Waals surface area contributed by atoms with Gasteiger partial charge in [0.2, 0.25) is 15.9 Å². The van der Waals surface area contributed by atoms with Crippen LogP contribution in [-0.4, -0.2) is 31.4 Å². The highest BCUT2D eigenvalue weighted by Crippen LogP contribution is 2.21. The van der Waals surface area contributed by atoms with Crippen molar-refractivity contribution in [3.05, 3.63) is 70.2 Å². The minimum atomic E-state index is -3.58. The fourth-order valence-electron chi connectivity index (χ4n) is 2.88. The molecule has 0 saturated heterocycles. The number of hydrogen-bond acceptors (Lipinski definition) is 3. The van der Waals surface area contributed by atoms with Gasteiger partial charge in [-0.05, 0) is 36.1 Å². The first kappa shape index (κ1) is 21.4. The maximum absolute atomic E-state index is 12.6. The summed E-state index contributed by atoms with van der Waals surface area (Å²) in [5.74, 6) is -0.345. The molecule has 2 rings (SSSR count). The second-order valence-electron chi connectivity index (χ2n) is 6.51. The van der Waals surface area contributed by atoms with Crippen molar-refractivity contribution in [1.29, 1.82) is 0 Å². The number of aryl methyl sites for hydroxylation is 1. The SMILES string of the molecule is CCC(NC(=O)CN(Cc1ccccc1Cl)S(C)(=O)=O)c1ccccc1C. The van der Waals surface area contributed by atoms with E-state index in [0.29, 0.717) is 17.0 Å². The number of carbonyl (C=O) groups excluding carboxylic acids is 1. The highest BCUT2D eigenvalue weighted by Gasteiger charge is 2.23. The molecule has 7 heteroatoms. The lowest BCUT2D eigenvalue weighted by Crippen LogP contribution is -2.41. The van der Waals surface area contributed by atoms with E-state index in [1.165, 1.54) is 0 Å². The fraction of sp³-hybridized carbons (Fsp3) is 0.350. The predicted octanol–water partition coefficient (Wildman–Crippen LogP) is 3.68. The van der Waals surface area contributed by atoms with Crippen LogP contribution >= 0.6 is 11.6 Å². The van der Waals surface area contributed by atoms with Crippen LogP contribution in [-0.2, 0) is 21.4 Å². The van der Waals surface area contributed by atoms with Crippen LogP contribution in [0, 0.1) is 6.92 Å². The number of amides is 1. The summed E-state index contributed by atoms with van der Waals surface area (Å²) in [6, 6.07) is 14.7. The molecule has 0 fully saturated rings. The van der Waals surface area contributed by atoms with Gasteiger partial charge in [0.1, 0.15) is 0 Å². The Balaban J connectivity index is 2.14. The quantitative estimate of drug-likeness (QED) is 0.724. The van der Waals surface area contributed by atoms with E-state index in [1.54, 1.807) is 24.3 Å². The van der Waals surface area contributed by atoms with Crippen molar-refractivity contribution in [3.8, 4) is 0 Å². The molecule has 0 heterocycles. The van der Waals surface area contributed by atoms with E-state index in [4.69, 9.17) is 11.6 Å². The summed E-state index contributed by atoms with van der Waals surface area (Å²) in [6.07, 6.45) is 1.80. The van der Waals surface area contributed by atoms with Gasteiger partial charge in [0.15, 0.2) is 0 Å². The van der Waals surface area contributed by atoms with Crippen LogP contribution in [0.3, 0.4) is 0 Å². The summed E-state index contributed by atoms with van der Waals surface area (Å²) in [5.41, 5.74) is 2.77. The Morgan fingerprint density at radius 2 is 1.78 bits per heavy atom. The largest absolute Gasteiger partial charge is 0.348 e. The van der Waals surface area contributed by atoms with Crippen molar-refractivity contribution in [1.82, 2.24) is 9.62 Å². The molecule has 0 aliphatic carbocycles. The maximum Gasteiger partial charge on any atom is 0.235 e. The first-order valence-corrected chi connectivity index (χ1v) is 11.0. The molecule has 0 spiro atoms. The smallest absolute Gasteiger partial charge is 0.235 e. The Hall–Kier alpha value is -1.89. The van der Waals surface area contributed by atoms with Crippen molar-refractivity contribution in [2.45, 2.75) is 32.9 Å². The summed E-state index contributed by atoms with van der Waals surface area (Å²) in [6.45, 7) is 3.76. The number of benzene rings is 2. The highest BCUT2D eigenvalue weighted by molar-refractivity contribution is 7.88. The Labute approximate surface area is 166 Å². The van der Waals surface area contributed by atoms with Crippen LogP contribution in [0.4, 0.5) is 0 Å². The predicted molar refractivity (Wildman–Crippen MR) is 109 cm³/mol. The number of sulfonamides is 1. The van der Waals surface area contributed by atoms with E-state index in [2.05, 4.69) is 5.32 Å². The summed E-state index contributed by atoms with van der Waals surface area (Å²) in [4.78, 5) is 12.6. The molecule has 0 saturated carbocycles. The van der Waals surface area contributed by atoms with Crippen LogP contribution in [0.15, 0.2) is 48.5 Å². The second-order valence-corrected chi connectivity index (χ2v) is 8.90. The first-order valence-electron chi connectivity index (χ1n) is 8.75. The van der Waals surface area contributed by atoms with Gasteiger partial charge in [-0.1, -0.05) is 61.0 Å². The Kier molecular flexibility index (Phi) is 7.41. The molecule has 0 aromatic heterocycles. The van der Waals surface area contributed by atoms with Crippen LogP contribution in [0.5, 0.6) is 0 Å². The Morgan fingerprint density at radius 1 is 1.15 bits per heavy atom. The van der Waals surface area contributed by atoms with Crippen LogP contribution in [0.25, 0.3) is 0 Å². The van der Waals surface area contributed by atoms with Gasteiger partial charge < -0.3 is 5.32 Å². The Bertz CT molecular complexity index is 900. The molecule has 1 unspecified atom stereocenters. The van der Waals surface area contributed by atoms with Gasteiger partial charge in [0.25, 0.3) is 0 Å². The van der Waals surface area contributed by atoms with E-state index in [0.717, 1.165) is 21.7 Å². The molecular formula is C20H25ClN2O3S. The third kappa shape index (κ3) is 6.06. The first-order chi connectivity index (χ1) is 12.7. The van der Waals surface area contributed by atoms with Crippen LogP contribution in [0.1, 0.15) is 36.1 Å². The molecule has 5 nitrogen and oxygen atoms in total. The zero-order chi connectivity index (χ0) is 20.0. The number of halogens is 1. The average Bonchev–Trinajstić information content (AvgIpc) is 2.61. The molecule has 27 heavy (non-hydrogen) atoms. The highest BCUT2D eigenvalue weighted by atomic mass is 35.5. The monoisotopic (exact) mass is 408 g/mol. The molecule has 1 N–H and O–H groups in total. The van der Waals surface area contributed by atoms with Gasteiger partial charge in [-0.25, -0.2) is 8.42 Å². The molecule has 0 aliphatic rings.